The number of ether oxygens (including phenoxy) is 2. The first-order valence-electron chi connectivity index (χ1n) is 8.78. The second-order valence-electron chi connectivity index (χ2n) is 6.30. The molecule has 1 fully saturated rings. The summed E-state index contributed by atoms with van der Waals surface area (Å²) in [6, 6.07) is 8.13. The maximum absolute atomic E-state index is 12.4. The number of rotatable bonds is 7. The van der Waals surface area contributed by atoms with E-state index >= 15 is 0 Å². The van der Waals surface area contributed by atoms with Gasteiger partial charge in [0.05, 0.1) is 26.9 Å². The lowest BCUT2D eigenvalue weighted by atomic mass is 10.1. The van der Waals surface area contributed by atoms with Crippen molar-refractivity contribution >= 4 is 5.91 Å². The molecule has 1 amide bonds. The van der Waals surface area contributed by atoms with Gasteiger partial charge in [0.1, 0.15) is 0 Å². The van der Waals surface area contributed by atoms with Crippen molar-refractivity contribution < 1.29 is 14.3 Å². The summed E-state index contributed by atoms with van der Waals surface area (Å²) < 4.78 is 12.3. The van der Waals surface area contributed by atoms with Crippen molar-refractivity contribution in [2.75, 3.05) is 46.5 Å². The highest BCUT2D eigenvalue weighted by atomic mass is 16.5. The van der Waals surface area contributed by atoms with Crippen molar-refractivity contribution in [3.8, 4) is 5.88 Å². The number of benzene rings is 1. The molecule has 8 nitrogen and oxygen atoms in total. The SMILES string of the molecule is COc1c(C(=O)NCCN2CCOCC2)nnn1Cc1ccc(C)cc1. The van der Waals surface area contributed by atoms with Crippen LogP contribution in [0.5, 0.6) is 5.88 Å². The van der Waals surface area contributed by atoms with Gasteiger partial charge in [0.25, 0.3) is 5.91 Å². The molecule has 140 valence electrons. The highest BCUT2D eigenvalue weighted by molar-refractivity contribution is 5.94. The Morgan fingerprint density at radius 2 is 2.00 bits per heavy atom. The minimum Gasteiger partial charge on any atom is -0.479 e. The second-order valence-corrected chi connectivity index (χ2v) is 6.30. The van der Waals surface area contributed by atoms with E-state index in [1.807, 2.05) is 31.2 Å². The number of carbonyl (C=O) groups is 1. The summed E-state index contributed by atoms with van der Waals surface area (Å²) in [6.07, 6.45) is 0. The monoisotopic (exact) mass is 359 g/mol. The zero-order valence-corrected chi connectivity index (χ0v) is 15.3. The largest absolute Gasteiger partial charge is 0.479 e. The predicted octanol–water partition coefficient (Wildman–Crippen LogP) is 0.705. The number of nitrogens with one attached hydrogen (secondary N) is 1. The molecule has 0 aliphatic carbocycles. The van der Waals surface area contributed by atoms with Gasteiger partial charge < -0.3 is 14.8 Å². The molecule has 0 bridgehead atoms. The molecule has 1 aromatic carbocycles. The number of aromatic nitrogens is 3. The van der Waals surface area contributed by atoms with Crippen molar-refractivity contribution in [1.82, 2.24) is 25.2 Å². The van der Waals surface area contributed by atoms with Gasteiger partial charge in [0.15, 0.2) is 0 Å². The second kappa shape index (κ2) is 8.77. The molecular formula is C18H25N5O3. The lowest BCUT2D eigenvalue weighted by Gasteiger charge is -2.26. The smallest absolute Gasteiger partial charge is 0.277 e. The van der Waals surface area contributed by atoms with Crippen LogP contribution >= 0.6 is 0 Å². The maximum atomic E-state index is 12.4. The first-order chi connectivity index (χ1) is 12.7. The van der Waals surface area contributed by atoms with E-state index in [0.29, 0.717) is 19.0 Å². The summed E-state index contributed by atoms with van der Waals surface area (Å²) in [5.41, 5.74) is 2.47. The molecule has 0 unspecified atom stereocenters. The van der Waals surface area contributed by atoms with Crippen LogP contribution < -0.4 is 10.1 Å². The van der Waals surface area contributed by atoms with Crippen LogP contribution in [0.4, 0.5) is 0 Å². The van der Waals surface area contributed by atoms with Gasteiger partial charge in [-0.2, -0.15) is 0 Å². The first-order valence-corrected chi connectivity index (χ1v) is 8.78. The number of methoxy groups -OCH3 is 1. The fraction of sp³-hybridized carbons (Fsp3) is 0.500. The number of hydrogen-bond donors (Lipinski definition) is 1. The molecule has 2 aromatic rings. The number of aryl methyl sites for hydroxylation is 1. The average molecular weight is 359 g/mol. The van der Waals surface area contributed by atoms with E-state index in [9.17, 15) is 4.79 Å². The average Bonchev–Trinajstić information content (AvgIpc) is 3.07. The normalized spacial score (nSPS) is 15.0. The van der Waals surface area contributed by atoms with E-state index < -0.39 is 0 Å². The summed E-state index contributed by atoms with van der Waals surface area (Å²) in [4.78, 5) is 14.7. The Bertz CT molecular complexity index is 723. The van der Waals surface area contributed by atoms with Gasteiger partial charge in [-0.1, -0.05) is 35.0 Å². The highest BCUT2D eigenvalue weighted by Gasteiger charge is 2.21. The van der Waals surface area contributed by atoms with Crippen LogP contribution in [0, 0.1) is 6.92 Å². The highest BCUT2D eigenvalue weighted by Crippen LogP contribution is 2.17. The first kappa shape index (κ1) is 18.3. The minimum absolute atomic E-state index is 0.210. The Kier molecular flexibility index (Phi) is 6.19. The van der Waals surface area contributed by atoms with Crippen LogP contribution in [-0.2, 0) is 11.3 Å². The van der Waals surface area contributed by atoms with E-state index in [1.54, 1.807) is 4.68 Å². The van der Waals surface area contributed by atoms with Crippen molar-refractivity contribution in [2.45, 2.75) is 13.5 Å². The topological polar surface area (TPSA) is 81.5 Å². The third-order valence-electron chi connectivity index (χ3n) is 4.37. The molecule has 1 aliphatic rings. The lowest BCUT2D eigenvalue weighted by molar-refractivity contribution is 0.0383. The Labute approximate surface area is 153 Å². The molecule has 1 saturated heterocycles. The van der Waals surface area contributed by atoms with E-state index in [1.165, 1.54) is 12.7 Å². The Balaban J connectivity index is 1.59. The molecule has 26 heavy (non-hydrogen) atoms. The van der Waals surface area contributed by atoms with Crippen LogP contribution in [-0.4, -0.2) is 72.3 Å². The molecule has 0 saturated carbocycles. The number of morpholine rings is 1. The van der Waals surface area contributed by atoms with Crippen molar-refractivity contribution in [3.05, 3.63) is 41.1 Å². The van der Waals surface area contributed by atoms with E-state index in [-0.39, 0.29) is 11.6 Å². The standard InChI is InChI=1S/C18H25N5O3/c1-14-3-5-15(6-4-14)13-23-18(25-2)16(20-21-23)17(24)19-7-8-22-9-11-26-12-10-22/h3-6H,7-13H2,1-2H3,(H,19,24). The maximum Gasteiger partial charge on any atom is 0.277 e. The molecule has 0 atom stereocenters. The Hall–Kier alpha value is -2.45. The Morgan fingerprint density at radius 3 is 2.69 bits per heavy atom. The molecular weight excluding hydrogens is 334 g/mol. The van der Waals surface area contributed by atoms with E-state index in [4.69, 9.17) is 9.47 Å². The fourth-order valence-electron chi connectivity index (χ4n) is 2.85. The molecule has 3 rings (SSSR count). The summed E-state index contributed by atoms with van der Waals surface area (Å²) >= 11 is 0. The molecule has 2 heterocycles. The number of nitrogens with zero attached hydrogens (tertiary/aromatic N) is 4. The molecule has 0 spiro atoms. The van der Waals surface area contributed by atoms with Crippen molar-refractivity contribution in [1.29, 1.82) is 0 Å². The summed E-state index contributed by atoms with van der Waals surface area (Å²) in [6.45, 7) is 7.15. The van der Waals surface area contributed by atoms with Gasteiger partial charge in [-0.05, 0) is 12.5 Å². The van der Waals surface area contributed by atoms with Crippen molar-refractivity contribution in [2.24, 2.45) is 0 Å². The Morgan fingerprint density at radius 1 is 1.27 bits per heavy atom. The van der Waals surface area contributed by atoms with Gasteiger partial charge in [0.2, 0.25) is 11.6 Å². The van der Waals surface area contributed by atoms with Crippen LogP contribution in [0.15, 0.2) is 24.3 Å². The van der Waals surface area contributed by atoms with Gasteiger partial charge in [-0.25, -0.2) is 4.68 Å². The number of hydrogen-bond acceptors (Lipinski definition) is 6. The minimum atomic E-state index is -0.273. The van der Waals surface area contributed by atoms with Gasteiger partial charge in [-0.3, -0.25) is 9.69 Å². The fourth-order valence-corrected chi connectivity index (χ4v) is 2.85. The molecule has 0 radical (unpaired) electrons. The van der Waals surface area contributed by atoms with Crippen LogP contribution in [0.3, 0.4) is 0 Å². The quantitative estimate of drug-likeness (QED) is 0.784. The lowest BCUT2D eigenvalue weighted by Crippen LogP contribution is -2.41. The van der Waals surface area contributed by atoms with Crippen LogP contribution in [0.2, 0.25) is 0 Å². The van der Waals surface area contributed by atoms with Crippen molar-refractivity contribution in [3.63, 3.8) is 0 Å². The summed E-state index contributed by atoms with van der Waals surface area (Å²) in [7, 11) is 1.52. The molecule has 1 aliphatic heterocycles. The number of amides is 1. The third-order valence-corrected chi connectivity index (χ3v) is 4.37. The predicted molar refractivity (Wildman–Crippen MR) is 96.4 cm³/mol. The summed E-state index contributed by atoms with van der Waals surface area (Å²) in [5.74, 6) is 0.0970. The third kappa shape index (κ3) is 4.59. The zero-order valence-electron chi connectivity index (χ0n) is 15.3. The van der Waals surface area contributed by atoms with E-state index in [2.05, 4.69) is 20.5 Å². The van der Waals surface area contributed by atoms with Crippen LogP contribution in [0.1, 0.15) is 21.6 Å². The van der Waals surface area contributed by atoms with E-state index in [0.717, 1.165) is 38.4 Å². The number of carbonyl (C=O) groups excluding carboxylic acids is 1. The van der Waals surface area contributed by atoms with Gasteiger partial charge in [0, 0.05) is 26.2 Å². The van der Waals surface area contributed by atoms with Crippen LogP contribution in [0.25, 0.3) is 0 Å². The molecule has 8 heteroatoms. The summed E-state index contributed by atoms with van der Waals surface area (Å²) in [5, 5.41) is 11.0. The van der Waals surface area contributed by atoms with Gasteiger partial charge in [-0.15, -0.1) is 5.10 Å². The van der Waals surface area contributed by atoms with Gasteiger partial charge >= 0.3 is 0 Å². The zero-order chi connectivity index (χ0) is 18.4. The molecule has 1 N–H and O–H groups in total. The molecule has 1 aromatic heterocycles.